The standard InChI is InChI=1S/C15H16N2O2S2/c1-10(2)8-13(18)16-17-14(19)12(21-15(17)20)9-11-6-4-3-5-7-11/h3-7,9-10H,8H2,1-2H3,(H,16,18)/b12-9-. The minimum absolute atomic E-state index is 0.206. The third kappa shape index (κ3) is 4.15. The van der Waals surface area contributed by atoms with Crippen molar-refractivity contribution < 1.29 is 9.59 Å². The minimum atomic E-state index is -0.286. The molecule has 0 radical (unpaired) electrons. The van der Waals surface area contributed by atoms with Crippen LogP contribution in [0.15, 0.2) is 35.2 Å². The van der Waals surface area contributed by atoms with Gasteiger partial charge in [0.25, 0.3) is 5.91 Å². The van der Waals surface area contributed by atoms with Crippen LogP contribution in [0.25, 0.3) is 6.08 Å². The number of carbonyl (C=O) groups is 2. The molecule has 0 unspecified atom stereocenters. The minimum Gasteiger partial charge on any atom is -0.273 e. The van der Waals surface area contributed by atoms with Crippen LogP contribution in [-0.4, -0.2) is 21.1 Å². The summed E-state index contributed by atoms with van der Waals surface area (Å²) in [5, 5.41) is 1.15. The lowest BCUT2D eigenvalue weighted by atomic mass is 10.1. The summed E-state index contributed by atoms with van der Waals surface area (Å²) in [4.78, 5) is 24.6. The molecular weight excluding hydrogens is 304 g/mol. The largest absolute Gasteiger partial charge is 0.285 e. The number of rotatable bonds is 4. The molecule has 1 aromatic carbocycles. The monoisotopic (exact) mass is 320 g/mol. The molecule has 1 aliphatic heterocycles. The summed E-state index contributed by atoms with van der Waals surface area (Å²) < 4.78 is 0.347. The molecule has 110 valence electrons. The van der Waals surface area contributed by atoms with Gasteiger partial charge in [0.1, 0.15) is 0 Å². The van der Waals surface area contributed by atoms with Gasteiger partial charge in [-0.25, -0.2) is 0 Å². The van der Waals surface area contributed by atoms with Gasteiger partial charge < -0.3 is 0 Å². The van der Waals surface area contributed by atoms with E-state index in [9.17, 15) is 9.59 Å². The first-order chi connectivity index (χ1) is 9.97. The Balaban J connectivity index is 2.10. The lowest BCUT2D eigenvalue weighted by Crippen LogP contribution is -2.45. The smallest absolute Gasteiger partial charge is 0.273 e. The van der Waals surface area contributed by atoms with Gasteiger partial charge in [0.2, 0.25) is 5.91 Å². The first kappa shape index (κ1) is 15.7. The molecule has 0 spiro atoms. The van der Waals surface area contributed by atoms with Crippen molar-refractivity contribution in [1.82, 2.24) is 10.4 Å². The van der Waals surface area contributed by atoms with Crippen LogP contribution in [0.2, 0.25) is 0 Å². The van der Waals surface area contributed by atoms with Crippen LogP contribution < -0.4 is 5.43 Å². The molecule has 21 heavy (non-hydrogen) atoms. The van der Waals surface area contributed by atoms with Crippen LogP contribution in [-0.2, 0) is 9.59 Å². The highest BCUT2D eigenvalue weighted by atomic mass is 32.2. The van der Waals surface area contributed by atoms with Crippen LogP contribution in [0.5, 0.6) is 0 Å². The number of hydrogen-bond donors (Lipinski definition) is 1. The summed E-state index contributed by atoms with van der Waals surface area (Å²) in [6.07, 6.45) is 2.13. The second-order valence-corrected chi connectivity index (χ2v) is 6.74. The molecule has 0 saturated carbocycles. The van der Waals surface area contributed by atoms with Gasteiger partial charge in [-0.15, -0.1) is 0 Å². The first-order valence-corrected chi connectivity index (χ1v) is 7.82. The van der Waals surface area contributed by atoms with E-state index in [4.69, 9.17) is 12.2 Å². The third-order valence-electron chi connectivity index (χ3n) is 2.72. The molecule has 2 rings (SSSR count). The summed E-state index contributed by atoms with van der Waals surface area (Å²) in [5.74, 6) is -0.267. The summed E-state index contributed by atoms with van der Waals surface area (Å²) in [6, 6.07) is 9.52. The molecule has 1 N–H and O–H groups in total. The number of hydrazine groups is 1. The fourth-order valence-corrected chi connectivity index (χ4v) is 2.99. The molecule has 1 aliphatic rings. The molecule has 1 fully saturated rings. The second kappa shape index (κ2) is 6.87. The Labute approximate surface area is 133 Å². The zero-order valence-corrected chi connectivity index (χ0v) is 13.5. The van der Waals surface area contributed by atoms with Crippen molar-refractivity contribution in [1.29, 1.82) is 0 Å². The van der Waals surface area contributed by atoms with E-state index in [1.165, 1.54) is 11.8 Å². The Kier molecular flexibility index (Phi) is 5.14. The molecule has 4 nitrogen and oxygen atoms in total. The van der Waals surface area contributed by atoms with E-state index in [1.54, 1.807) is 6.08 Å². The van der Waals surface area contributed by atoms with Crippen molar-refractivity contribution in [2.45, 2.75) is 20.3 Å². The number of nitrogens with zero attached hydrogens (tertiary/aromatic N) is 1. The predicted octanol–water partition coefficient (Wildman–Crippen LogP) is 2.97. The molecule has 6 heteroatoms. The van der Waals surface area contributed by atoms with Gasteiger partial charge >= 0.3 is 0 Å². The topological polar surface area (TPSA) is 49.4 Å². The second-order valence-electron chi connectivity index (χ2n) is 5.06. The average Bonchev–Trinajstić information content (AvgIpc) is 2.67. The molecule has 0 aliphatic carbocycles. The van der Waals surface area contributed by atoms with E-state index >= 15 is 0 Å². The number of benzene rings is 1. The number of nitrogens with one attached hydrogen (secondary N) is 1. The van der Waals surface area contributed by atoms with Crippen molar-refractivity contribution in [3.63, 3.8) is 0 Å². The Hall–Kier alpha value is -1.66. The average molecular weight is 320 g/mol. The lowest BCUT2D eigenvalue weighted by Gasteiger charge is -2.16. The molecule has 0 bridgehead atoms. The van der Waals surface area contributed by atoms with Crippen molar-refractivity contribution in [2.75, 3.05) is 0 Å². The Morgan fingerprint density at radius 3 is 2.67 bits per heavy atom. The first-order valence-electron chi connectivity index (χ1n) is 6.60. The molecule has 1 saturated heterocycles. The number of amides is 2. The van der Waals surface area contributed by atoms with Crippen molar-refractivity contribution >= 4 is 46.2 Å². The molecule has 1 heterocycles. The van der Waals surface area contributed by atoms with E-state index in [2.05, 4.69) is 5.43 Å². The molecular formula is C15H16N2O2S2. The summed E-state index contributed by atoms with van der Waals surface area (Å²) in [6.45, 7) is 3.89. The van der Waals surface area contributed by atoms with Crippen LogP contribution in [0.4, 0.5) is 0 Å². The maximum Gasteiger partial charge on any atom is 0.285 e. The molecule has 2 amide bonds. The molecule has 0 atom stereocenters. The van der Waals surface area contributed by atoms with Crippen LogP contribution in [0.3, 0.4) is 0 Å². The highest BCUT2D eigenvalue weighted by molar-refractivity contribution is 8.26. The predicted molar refractivity (Wildman–Crippen MR) is 89.1 cm³/mol. The van der Waals surface area contributed by atoms with Gasteiger partial charge in [-0.05, 0) is 29.8 Å². The summed E-state index contributed by atoms with van der Waals surface area (Å²) in [7, 11) is 0. The fourth-order valence-electron chi connectivity index (χ4n) is 1.81. The number of thioether (sulfide) groups is 1. The quantitative estimate of drug-likeness (QED) is 0.684. The zero-order chi connectivity index (χ0) is 15.4. The highest BCUT2D eigenvalue weighted by Crippen LogP contribution is 2.31. The number of thiocarbonyl (C=S) groups is 1. The zero-order valence-electron chi connectivity index (χ0n) is 11.8. The summed E-state index contributed by atoms with van der Waals surface area (Å²) in [5.41, 5.74) is 3.49. The summed E-state index contributed by atoms with van der Waals surface area (Å²) >= 11 is 6.35. The number of hydrogen-bond acceptors (Lipinski definition) is 4. The van der Waals surface area contributed by atoms with Crippen molar-refractivity contribution in [2.24, 2.45) is 5.92 Å². The number of carbonyl (C=O) groups excluding carboxylic acids is 2. The lowest BCUT2D eigenvalue weighted by molar-refractivity contribution is -0.133. The van der Waals surface area contributed by atoms with Crippen LogP contribution in [0, 0.1) is 5.92 Å². The SMILES string of the molecule is CC(C)CC(=O)NN1C(=O)/C(=C/c2ccccc2)SC1=S. The molecule has 1 aromatic rings. The van der Waals surface area contributed by atoms with E-state index in [-0.39, 0.29) is 17.7 Å². The van der Waals surface area contributed by atoms with Crippen molar-refractivity contribution in [3.05, 3.63) is 40.8 Å². The van der Waals surface area contributed by atoms with Crippen LogP contribution in [0.1, 0.15) is 25.8 Å². The van der Waals surface area contributed by atoms with E-state index in [1.807, 2.05) is 44.2 Å². The van der Waals surface area contributed by atoms with E-state index in [0.717, 1.165) is 10.6 Å². The van der Waals surface area contributed by atoms with Crippen molar-refractivity contribution in [3.8, 4) is 0 Å². The maximum absolute atomic E-state index is 12.3. The van der Waals surface area contributed by atoms with Gasteiger partial charge in [-0.3, -0.25) is 15.0 Å². The van der Waals surface area contributed by atoms with Gasteiger partial charge in [-0.1, -0.05) is 55.9 Å². The van der Waals surface area contributed by atoms with Gasteiger partial charge in [0.05, 0.1) is 4.91 Å². The fraction of sp³-hybridized carbons (Fsp3) is 0.267. The van der Waals surface area contributed by atoms with Gasteiger partial charge in [0, 0.05) is 6.42 Å². The molecule has 0 aromatic heterocycles. The van der Waals surface area contributed by atoms with Crippen LogP contribution >= 0.6 is 24.0 Å². The van der Waals surface area contributed by atoms with Gasteiger partial charge in [-0.2, -0.15) is 5.01 Å². The van der Waals surface area contributed by atoms with Gasteiger partial charge in [0.15, 0.2) is 4.32 Å². The maximum atomic E-state index is 12.3. The normalized spacial score (nSPS) is 16.9. The highest BCUT2D eigenvalue weighted by Gasteiger charge is 2.33. The Morgan fingerprint density at radius 1 is 1.38 bits per heavy atom. The Bertz CT molecular complexity index is 597. The van der Waals surface area contributed by atoms with E-state index in [0.29, 0.717) is 15.6 Å². The van der Waals surface area contributed by atoms with E-state index < -0.39 is 0 Å². The third-order valence-corrected chi connectivity index (χ3v) is 4.02. The Morgan fingerprint density at radius 2 is 2.05 bits per heavy atom.